The molecule has 0 saturated carbocycles. The molecule has 2 N–H and O–H groups in total. The summed E-state index contributed by atoms with van der Waals surface area (Å²) in [6, 6.07) is 14.8. The molecule has 4 amide bonds. The summed E-state index contributed by atoms with van der Waals surface area (Å²) < 4.78 is 35.8. The number of cyclic esters (lactones) is 4. The second-order valence-electron chi connectivity index (χ2n) is 24.4. The van der Waals surface area contributed by atoms with E-state index in [-0.39, 0.29) is 74.0 Å². The van der Waals surface area contributed by atoms with Crippen LogP contribution < -0.4 is 0 Å². The highest BCUT2D eigenvalue weighted by molar-refractivity contribution is 5.94. The van der Waals surface area contributed by atoms with Crippen molar-refractivity contribution >= 4 is 47.5 Å². The monoisotopic (exact) mass is 1220 g/mol. The first kappa shape index (κ1) is 70.8. The highest BCUT2D eigenvalue weighted by Crippen LogP contribution is 2.30. The van der Waals surface area contributed by atoms with E-state index in [0.717, 1.165) is 19.6 Å². The molecule has 0 spiro atoms. The SMILES string of the molecule is COC(c1ccc(C[C@H]2OC(=O)[C@H](CC(C)C)N(C)C(=O)[C@@H](C)OC(=O)[C@H](CC(C)C)N(C)C(=O)[C@@H](Cc3ccc(C(OC)c4ccc(O)nc4)cc3)OC(=O)[C@H](CC(C)C)N(C)C(=O)[C@@H](C)OC(=O)[C@H](CC(C)C)N(C)C2=O)cc1)c1ccc(O)nc1. The van der Waals surface area contributed by atoms with E-state index in [4.69, 9.17) is 28.4 Å². The van der Waals surface area contributed by atoms with Gasteiger partial charge >= 0.3 is 23.9 Å². The van der Waals surface area contributed by atoms with Crippen molar-refractivity contribution in [3.63, 3.8) is 0 Å². The van der Waals surface area contributed by atoms with Crippen LogP contribution in [0.15, 0.2) is 85.2 Å². The van der Waals surface area contributed by atoms with E-state index < -0.39 is 108 Å². The maximum absolute atomic E-state index is 15.1. The minimum atomic E-state index is -1.61. The standard InChI is InChI=1S/C66H90N6O16/c1-37(2)29-49-63(79)85-41(9)59(75)69(11)52(32-40(7)8)66(82)88-54(34-44-19-23-46(24-20-44)58(84-16)48-26-28-56(74)68-36-48)62(78)72(14)50(30-38(3)4)64(80)86-42(10)60(76)70(12)51(31-39(5)6)65(81)87-53(61(77)71(49)13)33-43-17-21-45(22-18-43)57(83-15)47-25-27-55(73)67-35-47/h17-28,35-42,49-54,57-58H,29-34H2,1-16H3,(H,67,73)(H,68,74)/t41-,42-,49+,50+,51+,52+,53-,54-,57?,58?/m1/s1. The summed E-state index contributed by atoms with van der Waals surface area (Å²) >= 11 is 0. The molecular weight excluding hydrogens is 1130 g/mol. The molecule has 1 fully saturated rings. The van der Waals surface area contributed by atoms with Gasteiger partial charge in [-0.3, -0.25) is 19.2 Å². The largest absolute Gasteiger partial charge is 0.493 e. The van der Waals surface area contributed by atoms with Crippen molar-refractivity contribution in [2.24, 2.45) is 23.7 Å². The molecule has 22 nitrogen and oxygen atoms in total. The van der Waals surface area contributed by atoms with Gasteiger partial charge in [0, 0.05) is 90.9 Å². The second-order valence-corrected chi connectivity index (χ2v) is 24.4. The fourth-order valence-corrected chi connectivity index (χ4v) is 10.6. The van der Waals surface area contributed by atoms with Crippen LogP contribution in [0.1, 0.15) is 141 Å². The van der Waals surface area contributed by atoms with Crippen LogP contribution in [0.5, 0.6) is 11.8 Å². The van der Waals surface area contributed by atoms with Gasteiger partial charge in [0.2, 0.25) is 11.8 Å². The molecule has 10 atom stereocenters. The Morgan fingerprint density at radius 3 is 0.920 bits per heavy atom. The average molecular weight is 1220 g/mol. The van der Waals surface area contributed by atoms with E-state index in [1.807, 2.05) is 55.4 Å². The fourth-order valence-electron chi connectivity index (χ4n) is 10.6. The molecule has 2 aromatic carbocycles. The molecule has 22 heteroatoms. The number of aromatic hydroxyl groups is 2. The first-order valence-electron chi connectivity index (χ1n) is 29.9. The van der Waals surface area contributed by atoms with Gasteiger partial charge in [-0.05, 0) is 97.6 Å². The van der Waals surface area contributed by atoms with Gasteiger partial charge in [0.1, 0.15) is 36.4 Å². The Morgan fingerprint density at radius 1 is 0.409 bits per heavy atom. The molecule has 3 heterocycles. The lowest BCUT2D eigenvalue weighted by atomic mass is 9.98. The number of likely N-dealkylation sites (N-methyl/N-ethyl adjacent to an activating group) is 4. The molecule has 0 radical (unpaired) electrons. The van der Waals surface area contributed by atoms with Crippen molar-refractivity contribution in [1.29, 1.82) is 0 Å². The Kier molecular flexibility index (Phi) is 26.0. The Hall–Kier alpha value is -7.98. The molecule has 88 heavy (non-hydrogen) atoms. The molecule has 0 aliphatic carbocycles. The molecule has 480 valence electrons. The number of rotatable bonds is 18. The molecule has 5 rings (SSSR count). The summed E-state index contributed by atoms with van der Waals surface area (Å²) in [6.07, 6.45) is -4.77. The van der Waals surface area contributed by atoms with E-state index >= 15 is 9.59 Å². The lowest BCUT2D eigenvalue weighted by Gasteiger charge is -2.35. The van der Waals surface area contributed by atoms with Crippen molar-refractivity contribution in [3.8, 4) is 11.8 Å². The number of carbonyl (C=O) groups excluding carboxylic acids is 8. The maximum atomic E-state index is 15.1. The fraction of sp³-hybridized carbons (Fsp3) is 0.545. The Labute approximate surface area is 517 Å². The molecule has 1 saturated heterocycles. The smallest absolute Gasteiger partial charge is 0.329 e. The van der Waals surface area contributed by atoms with Crippen LogP contribution in [-0.2, 0) is 79.6 Å². The normalized spacial score (nSPS) is 22.9. The van der Waals surface area contributed by atoms with Gasteiger partial charge in [0.15, 0.2) is 24.4 Å². The molecule has 2 unspecified atom stereocenters. The van der Waals surface area contributed by atoms with Crippen molar-refractivity contribution in [2.75, 3.05) is 42.4 Å². The number of esters is 4. The topological polar surface area (TPSA) is 271 Å². The second kappa shape index (κ2) is 32.3. The number of hydrogen-bond acceptors (Lipinski definition) is 18. The van der Waals surface area contributed by atoms with Crippen molar-refractivity contribution in [1.82, 2.24) is 29.6 Å². The van der Waals surface area contributed by atoms with Crippen LogP contribution >= 0.6 is 0 Å². The van der Waals surface area contributed by atoms with Crippen LogP contribution in [0.4, 0.5) is 0 Å². The third kappa shape index (κ3) is 19.0. The summed E-state index contributed by atoms with van der Waals surface area (Å²) in [5, 5.41) is 19.6. The minimum Gasteiger partial charge on any atom is -0.493 e. The van der Waals surface area contributed by atoms with Crippen molar-refractivity contribution in [3.05, 3.63) is 119 Å². The van der Waals surface area contributed by atoms with Gasteiger partial charge in [-0.2, -0.15) is 0 Å². The van der Waals surface area contributed by atoms with E-state index in [0.29, 0.717) is 33.4 Å². The van der Waals surface area contributed by atoms with Gasteiger partial charge in [-0.1, -0.05) is 104 Å². The van der Waals surface area contributed by atoms with Crippen LogP contribution in [-0.4, -0.2) is 178 Å². The molecular formula is C66H90N6O16. The zero-order valence-electron chi connectivity index (χ0n) is 53.7. The summed E-state index contributed by atoms with van der Waals surface area (Å²) in [6.45, 7) is 17.3. The van der Waals surface area contributed by atoms with Crippen molar-refractivity contribution in [2.45, 2.75) is 169 Å². The van der Waals surface area contributed by atoms with E-state index in [1.54, 1.807) is 60.7 Å². The lowest BCUT2D eigenvalue weighted by Crippen LogP contribution is -2.55. The van der Waals surface area contributed by atoms with Crippen LogP contribution in [0.2, 0.25) is 0 Å². The van der Waals surface area contributed by atoms with E-state index in [1.165, 1.54) is 80.8 Å². The summed E-state index contributed by atoms with van der Waals surface area (Å²) in [5.41, 5.74) is 3.75. The number of hydrogen-bond donors (Lipinski definition) is 2. The van der Waals surface area contributed by atoms with Crippen LogP contribution in [0.3, 0.4) is 0 Å². The lowest BCUT2D eigenvalue weighted by molar-refractivity contribution is -0.176. The summed E-state index contributed by atoms with van der Waals surface area (Å²) in [4.78, 5) is 131. The number of methoxy groups -OCH3 is 2. The number of carbonyl (C=O) groups is 8. The van der Waals surface area contributed by atoms with Gasteiger partial charge in [0.05, 0.1) is 0 Å². The number of amides is 4. The average Bonchev–Trinajstić information content (AvgIpc) is 3.20. The number of pyridine rings is 2. The zero-order chi connectivity index (χ0) is 65.4. The zero-order valence-corrected chi connectivity index (χ0v) is 53.7. The predicted octanol–water partition coefficient (Wildman–Crippen LogP) is 7.34. The van der Waals surface area contributed by atoms with E-state index in [9.17, 15) is 39.0 Å². The number of benzene rings is 2. The summed E-state index contributed by atoms with van der Waals surface area (Å²) in [7, 11) is 8.49. The Morgan fingerprint density at radius 2 is 0.670 bits per heavy atom. The third-order valence-corrected chi connectivity index (χ3v) is 15.5. The maximum Gasteiger partial charge on any atom is 0.329 e. The van der Waals surface area contributed by atoms with Crippen molar-refractivity contribution < 1.29 is 77.0 Å². The molecule has 4 aromatic rings. The third-order valence-electron chi connectivity index (χ3n) is 15.5. The number of aromatic nitrogens is 2. The first-order valence-corrected chi connectivity index (χ1v) is 29.9. The Balaban J connectivity index is 1.61. The Bertz CT molecular complexity index is 2780. The van der Waals surface area contributed by atoms with Gasteiger partial charge in [0.25, 0.3) is 23.6 Å². The van der Waals surface area contributed by atoms with Gasteiger partial charge in [-0.25, -0.2) is 29.1 Å². The molecule has 1 aliphatic rings. The van der Waals surface area contributed by atoms with Gasteiger partial charge < -0.3 is 58.2 Å². The highest BCUT2D eigenvalue weighted by Gasteiger charge is 2.43. The van der Waals surface area contributed by atoms with Crippen LogP contribution in [0, 0.1) is 23.7 Å². The quantitative estimate of drug-likeness (QED) is 0.0728. The summed E-state index contributed by atoms with van der Waals surface area (Å²) in [5.74, 6) is -8.29. The first-order chi connectivity index (χ1) is 41.5. The highest BCUT2D eigenvalue weighted by atomic mass is 16.6. The molecule has 0 bridgehead atoms. The van der Waals surface area contributed by atoms with Gasteiger partial charge in [-0.15, -0.1) is 0 Å². The molecule has 1 aliphatic heterocycles. The number of ether oxygens (including phenoxy) is 6. The van der Waals surface area contributed by atoms with Crippen LogP contribution in [0.25, 0.3) is 0 Å². The van der Waals surface area contributed by atoms with E-state index in [2.05, 4.69) is 9.97 Å². The predicted molar refractivity (Wildman–Crippen MR) is 325 cm³/mol. The number of nitrogens with zero attached hydrogens (tertiary/aromatic N) is 6. The minimum absolute atomic E-state index is 0.0390. The molecule has 2 aromatic heterocycles.